The zero-order valence-corrected chi connectivity index (χ0v) is 12.7. The molecule has 3 N–H and O–H groups in total. The molecule has 9 heteroatoms. The molecule has 0 radical (unpaired) electrons. The van der Waals surface area contributed by atoms with Crippen LogP contribution in [-0.2, 0) is 9.63 Å². The average molecular weight is 340 g/mol. The number of nitrogens with one attached hydrogen (secondary N) is 1. The van der Waals surface area contributed by atoms with Crippen LogP contribution in [0.25, 0.3) is 10.8 Å². The Morgan fingerprint density at radius 1 is 1.38 bits per heavy atom. The Bertz CT molecular complexity index is 756. The first kappa shape index (κ1) is 17.5. The molecule has 1 amide bonds. The molecule has 1 atom stereocenters. The summed E-state index contributed by atoms with van der Waals surface area (Å²) >= 11 is 0. The summed E-state index contributed by atoms with van der Waals surface area (Å²) in [6.45, 7) is -0.178. The maximum absolute atomic E-state index is 12.1. The summed E-state index contributed by atoms with van der Waals surface area (Å²) in [6.07, 6.45) is -4.19. The first-order valence-electron chi connectivity index (χ1n) is 6.96. The van der Waals surface area contributed by atoms with E-state index in [0.29, 0.717) is 5.69 Å². The Hall–Kier alpha value is -2.84. The molecule has 1 aromatic carbocycles. The molecule has 24 heavy (non-hydrogen) atoms. The van der Waals surface area contributed by atoms with Crippen LogP contribution in [-0.4, -0.2) is 35.6 Å². The predicted molar refractivity (Wildman–Crippen MR) is 82.1 cm³/mol. The number of carbonyl (C=O) groups excluding carboxylic acids is 1. The lowest BCUT2D eigenvalue weighted by Gasteiger charge is -2.12. The molecule has 1 unspecified atom stereocenters. The van der Waals surface area contributed by atoms with E-state index in [9.17, 15) is 18.0 Å². The van der Waals surface area contributed by atoms with Gasteiger partial charge in [0, 0.05) is 11.6 Å². The molecule has 1 aromatic heterocycles. The topological polar surface area (TPSA) is 89.6 Å². The Kier molecular flexibility index (Phi) is 5.22. The summed E-state index contributed by atoms with van der Waals surface area (Å²) in [5.41, 5.74) is 6.16. The van der Waals surface area contributed by atoms with E-state index in [1.54, 1.807) is 29.7 Å². The summed E-state index contributed by atoms with van der Waals surface area (Å²) in [5.74, 6) is -1.03. The lowest BCUT2D eigenvalue weighted by Crippen LogP contribution is -2.39. The number of benzene rings is 1. The van der Waals surface area contributed by atoms with Crippen LogP contribution in [0.5, 0.6) is 0 Å². The van der Waals surface area contributed by atoms with E-state index >= 15 is 0 Å². The van der Waals surface area contributed by atoms with Crippen molar-refractivity contribution in [2.75, 3.05) is 6.54 Å². The zero-order chi connectivity index (χ0) is 17.7. The Balaban J connectivity index is 2.06. The first-order valence-corrected chi connectivity index (χ1v) is 6.96. The SMILES string of the molecule is CC(O/N=C(\N)c1nccc2ccccc12)C(=O)NCC(F)(F)F. The Morgan fingerprint density at radius 2 is 2.08 bits per heavy atom. The zero-order valence-electron chi connectivity index (χ0n) is 12.7. The number of alkyl halides is 3. The number of carbonyl (C=O) groups is 1. The summed E-state index contributed by atoms with van der Waals surface area (Å²) < 4.78 is 36.2. The highest BCUT2D eigenvalue weighted by Crippen LogP contribution is 2.16. The second-order valence-electron chi connectivity index (χ2n) is 4.94. The van der Waals surface area contributed by atoms with Crippen molar-refractivity contribution in [2.45, 2.75) is 19.2 Å². The fraction of sp³-hybridized carbons (Fsp3) is 0.267. The molecule has 0 saturated heterocycles. The van der Waals surface area contributed by atoms with Crippen molar-refractivity contribution < 1.29 is 22.8 Å². The molecular formula is C15H15F3N4O2. The molecule has 0 saturated carbocycles. The highest BCUT2D eigenvalue weighted by molar-refractivity contribution is 6.06. The van der Waals surface area contributed by atoms with Crippen LogP contribution < -0.4 is 11.1 Å². The van der Waals surface area contributed by atoms with Gasteiger partial charge in [-0.05, 0) is 18.4 Å². The monoisotopic (exact) mass is 340 g/mol. The van der Waals surface area contributed by atoms with Crippen molar-refractivity contribution in [3.8, 4) is 0 Å². The van der Waals surface area contributed by atoms with Gasteiger partial charge in [-0.15, -0.1) is 0 Å². The summed E-state index contributed by atoms with van der Waals surface area (Å²) in [7, 11) is 0. The predicted octanol–water partition coefficient (Wildman–Crippen LogP) is 1.94. The molecule has 0 fully saturated rings. The highest BCUT2D eigenvalue weighted by Gasteiger charge is 2.29. The largest absolute Gasteiger partial charge is 0.405 e. The standard InChI is InChI=1S/C15H15F3N4O2/c1-9(14(23)21-8-15(16,17)18)24-22-13(19)12-11-5-3-2-4-10(11)6-7-20-12/h2-7,9H,8H2,1H3,(H2,19,22)(H,21,23). The number of nitrogens with zero attached hydrogens (tertiary/aromatic N) is 2. The fourth-order valence-electron chi connectivity index (χ4n) is 1.88. The van der Waals surface area contributed by atoms with Gasteiger partial charge in [0.25, 0.3) is 5.91 Å². The van der Waals surface area contributed by atoms with E-state index < -0.39 is 24.7 Å². The van der Waals surface area contributed by atoms with Gasteiger partial charge in [0.2, 0.25) is 6.10 Å². The molecule has 128 valence electrons. The van der Waals surface area contributed by atoms with Crippen molar-refractivity contribution >= 4 is 22.5 Å². The van der Waals surface area contributed by atoms with Gasteiger partial charge in [0.1, 0.15) is 12.2 Å². The molecule has 0 aliphatic heterocycles. The van der Waals surface area contributed by atoms with Crippen molar-refractivity contribution in [3.63, 3.8) is 0 Å². The normalized spacial score (nSPS) is 13.6. The van der Waals surface area contributed by atoms with Gasteiger partial charge in [-0.2, -0.15) is 13.2 Å². The quantitative estimate of drug-likeness (QED) is 0.494. The second kappa shape index (κ2) is 7.16. The molecule has 0 aliphatic carbocycles. The number of hydrogen-bond donors (Lipinski definition) is 2. The van der Waals surface area contributed by atoms with Gasteiger partial charge in [0.05, 0.1) is 0 Å². The molecule has 2 aromatic rings. The molecule has 0 aliphatic rings. The number of oxime groups is 1. The van der Waals surface area contributed by atoms with Crippen molar-refractivity contribution in [2.24, 2.45) is 10.9 Å². The van der Waals surface area contributed by atoms with E-state index in [1.165, 1.54) is 6.92 Å². The van der Waals surface area contributed by atoms with Crippen LogP contribution in [0.3, 0.4) is 0 Å². The number of aromatic nitrogens is 1. The van der Waals surface area contributed by atoms with E-state index in [0.717, 1.165) is 10.8 Å². The van der Waals surface area contributed by atoms with Crippen LogP contribution in [0.2, 0.25) is 0 Å². The second-order valence-corrected chi connectivity index (χ2v) is 4.94. The maximum Gasteiger partial charge on any atom is 0.405 e. The van der Waals surface area contributed by atoms with Gasteiger partial charge >= 0.3 is 6.18 Å². The van der Waals surface area contributed by atoms with Gasteiger partial charge < -0.3 is 15.9 Å². The third-order valence-corrected chi connectivity index (χ3v) is 3.06. The van der Waals surface area contributed by atoms with Gasteiger partial charge in [-0.1, -0.05) is 29.4 Å². The Morgan fingerprint density at radius 3 is 2.79 bits per heavy atom. The number of rotatable bonds is 5. The maximum atomic E-state index is 12.1. The lowest BCUT2D eigenvalue weighted by molar-refractivity contribution is -0.145. The average Bonchev–Trinajstić information content (AvgIpc) is 2.56. The van der Waals surface area contributed by atoms with E-state index in [1.807, 2.05) is 12.1 Å². The molecule has 2 rings (SSSR count). The van der Waals surface area contributed by atoms with Crippen molar-refractivity contribution in [3.05, 3.63) is 42.2 Å². The van der Waals surface area contributed by atoms with Crippen LogP contribution in [0.1, 0.15) is 12.6 Å². The number of amides is 1. The van der Waals surface area contributed by atoms with E-state index in [2.05, 4.69) is 10.1 Å². The summed E-state index contributed by atoms with van der Waals surface area (Å²) in [6, 6.07) is 9.10. The highest BCUT2D eigenvalue weighted by atomic mass is 19.4. The smallest absolute Gasteiger partial charge is 0.381 e. The number of amidine groups is 1. The van der Waals surface area contributed by atoms with Gasteiger partial charge in [0.15, 0.2) is 5.84 Å². The van der Waals surface area contributed by atoms with E-state index in [4.69, 9.17) is 10.6 Å². The minimum Gasteiger partial charge on any atom is -0.381 e. The molecule has 6 nitrogen and oxygen atoms in total. The molecule has 1 heterocycles. The number of pyridine rings is 1. The van der Waals surface area contributed by atoms with Gasteiger partial charge in [-0.25, -0.2) is 0 Å². The minimum atomic E-state index is -4.50. The van der Waals surface area contributed by atoms with Crippen LogP contribution in [0, 0.1) is 0 Å². The summed E-state index contributed by atoms with van der Waals surface area (Å²) in [4.78, 5) is 20.5. The van der Waals surface area contributed by atoms with Crippen molar-refractivity contribution in [1.82, 2.24) is 10.3 Å². The molecule has 0 bridgehead atoms. The number of fused-ring (bicyclic) bond motifs is 1. The number of hydrogen-bond acceptors (Lipinski definition) is 4. The van der Waals surface area contributed by atoms with E-state index in [-0.39, 0.29) is 5.84 Å². The van der Waals surface area contributed by atoms with Gasteiger partial charge in [-0.3, -0.25) is 9.78 Å². The van der Waals surface area contributed by atoms with Crippen LogP contribution in [0.15, 0.2) is 41.7 Å². The van der Waals surface area contributed by atoms with Crippen molar-refractivity contribution in [1.29, 1.82) is 0 Å². The van der Waals surface area contributed by atoms with Crippen LogP contribution in [0.4, 0.5) is 13.2 Å². The molecular weight excluding hydrogens is 325 g/mol. The minimum absolute atomic E-state index is 0.0812. The first-order chi connectivity index (χ1) is 11.3. The van der Waals surface area contributed by atoms with Crippen LogP contribution >= 0.6 is 0 Å². The lowest BCUT2D eigenvalue weighted by atomic mass is 10.1. The fourth-order valence-corrected chi connectivity index (χ4v) is 1.88. The Labute approximate surface area is 135 Å². The summed E-state index contributed by atoms with van der Waals surface area (Å²) in [5, 5.41) is 6.92. The molecule has 0 spiro atoms. The third-order valence-electron chi connectivity index (χ3n) is 3.06. The number of nitrogens with two attached hydrogens (primary N) is 1. The number of halogens is 3. The third kappa shape index (κ3) is 4.58.